The van der Waals surface area contributed by atoms with Gasteiger partial charge in [0, 0.05) is 6.61 Å². The van der Waals surface area contributed by atoms with Crippen molar-refractivity contribution in [2.45, 2.75) is 62.7 Å². The summed E-state index contributed by atoms with van der Waals surface area (Å²) in [6.45, 7) is 1.14. The van der Waals surface area contributed by atoms with Crippen LogP contribution in [0.15, 0.2) is 0 Å². The van der Waals surface area contributed by atoms with Crippen LogP contribution in [0.25, 0.3) is 0 Å². The molecule has 0 heterocycles. The average Bonchev–Trinajstić information content (AvgIpc) is 2.51. The second-order valence-electron chi connectivity index (χ2n) is 8.10. The summed E-state index contributed by atoms with van der Waals surface area (Å²) < 4.78 is 67.3. The predicted molar refractivity (Wildman–Crippen MR) is 88.1 cm³/mol. The maximum absolute atomic E-state index is 13.3. The van der Waals surface area contributed by atoms with E-state index in [4.69, 9.17) is 9.29 Å². The Morgan fingerprint density at radius 2 is 1.85 bits per heavy atom. The third-order valence-corrected chi connectivity index (χ3v) is 7.03. The minimum Gasteiger partial charge on any atom is -0.458 e. The van der Waals surface area contributed by atoms with Gasteiger partial charge in [0.15, 0.2) is 6.61 Å². The molecule has 0 saturated heterocycles. The molecule has 4 saturated carbocycles. The highest BCUT2D eigenvalue weighted by molar-refractivity contribution is 7.86. The van der Waals surface area contributed by atoms with Gasteiger partial charge < -0.3 is 9.47 Å². The lowest BCUT2D eigenvalue weighted by molar-refractivity contribution is -0.199. The number of carbonyl (C=O) groups is 1. The summed E-state index contributed by atoms with van der Waals surface area (Å²) in [7, 11) is -5.60. The second kappa shape index (κ2) is 6.98. The molecule has 0 aromatic rings. The summed E-state index contributed by atoms with van der Waals surface area (Å²) in [5, 5.41) is -4.49. The van der Waals surface area contributed by atoms with Crippen molar-refractivity contribution in [3.63, 3.8) is 0 Å². The fourth-order valence-corrected chi connectivity index (χ4v) is 5.48. The van der Waals surface area contributed by atoms with E-state index in [-0.39, 0.29) is 17.4 Å². The molecule has 0 aromatic heterocycles. The van der Waals surface area contributed by atoms with Crippen molar-refractivity contribution >= 4 is 16.1 Å². The molecule has 2 unspecified atom stereocenters. The number of carbonyl (C=O) groups excluding carboxylic acids is 1. The van der Waals surface area contributed by atoms with Gasteiger partial charge in [-0.2, -0.15) is 17.2 Å². The zero-order chi connectivity index (χ0) is 19.2. The summed E-state index contributed by atoms with van der Waals surface area (Å²) in [6, 6.07) is 0. The predicted octanol–water partition coefficient (Wildman–Crippen LogP) is 3.02. The van der Waals surface area contributed by atoms with Crippen LogP contribution in [0, 0.1) is 23.7 Å². The fraction of sp³-hybridized carbons (Fsp3) is 0.941. The van der Waals surface area contributed by atoms with Gasteiger partial charge >= 0.3 is 21.3 Å². The topological polar surface area (TPSA) is 89.9 Å². The molecule has 26 heavy (non-hydrogen) atoms. The van der Waals surface area contributed by atoms with Crippen molar-refractivity contribution in [1.82, 2.24) is 0 Å². The first-order valence-corrected chi connectivity index (χ1v) is 10.7. The third kappa shape index (κ3) is 3.75. The first-order valence-electron chi connectivity index (χ1n) is 9.22. The van der Waals surface area contributed by atoms with Gasteiger partial charge in [-0.1, -0.05) is 13.3 Å². The SMILES string of the molecule is CCCCOC12CC3CC(C1)C(C(=O)OCC(F)(F)S(=O)(=O)O)C(C3)C2. The summed E-state index contributed by atoms with van der Waals surface area (Å²) in [4.78, 5) is 12.4. The van der Waals surface area contributed by atoms with Gasteiger partial charge in [0.05, 0.1) is 11.5 Å². The summed E-state index contributed by atoms with van der Waals surface area (Å²) >= 11 is 0. The van der Waals surface area contributed by atoms with E-state index in [1.165, 1.54) is 0 Å². The van der Waals surface area contributed by atoms with Crippen molar-refractivity contribution in [1.29, 1.82) is 0 Å². The highest BCUT2D eigenvalue weighted by atomic mass is 32.2. The number of rotatable bonds is 8. The minimum absolute atomic E-state index is 0.0229. The van der Waals surface area contributed by atoms with Crippen LogP contribution >= 0.6 is 0 Å². The van der Waals surface area contributed by atoms with Crippen LogP contribution in [0.5, 0.6) is 0 Å². The first-order chi connectivity index (χ1) is 12.1. The van der Waals surface area contributed by atoms with E-state index < -0.39 is 33.9 Å². The van der Waals surface area contributed by atoms with E-state index in [0.29, 0.717) is 12.5 Å². The van der Waals surface area contributed by atoms with Crippen molar-refractivity contribution in [3.05, 3.63) is 0 Å². The van der Waals surface area contributed by atoms with Crippen LogP contribution in [-0.2, 0) is 24.4 Å². The normalized spacial score (nSPS) is 36.3. The number of hydrogen-bond acceptors (Lipinski definition) is 5. The maximum Gasteiger partial charge on any atom is 0.402 e. The van der Waals surface area contributed by atoms with Crippen LogP contribution in [0.3, 0.4) is 0 Å². The molecule has 150 valence electrons. The van der Waals surface area contributed by atoms with Gasteiger partial charge in [0.25, 0.3) is 0 Å². The molecule has 4 aliphatic rings. The van der Waals surface area contributed by atoms with Gasteiger partial charge in [-0.3, -0.25) is 9.35 Å². The number of ether oxygens (including phenoxy) is 2. The maximum atomic E-state index is 13.3. The summed E-state index contributed by atoms with van der Waals surface area (Å²) in [5.74, 6) is -0.751. The Kier molecular flexibility index (Phi) is 5.35. The minimum atomic E-state index is -5.60. The van der Waals surface area contributed by atoms with Crippen LogP contribution < -0.4 is 0 Å². The van der Waals surface area contributed by atoms with E-state index in [2.05, 4.69) is 11.7 Å². The van der Waals surface area contributed by atoms with E-state index in [0.717, 1.165) is 44.9 Å². The zero-order valence-corrected chi connectivity index (χ0v) is 15.6. The molecule has 4 fully saturated rings. The number of alkyl halides is 2. The summed E-state index contributed by atoms with van der Waals surface area (Å²) in [6.07, 6.45) is 6.16. The van der Waals surface area contributed by atoms with Gasteiger partial charge in [0.2, 0.25) is 0 Å². The molecule has 1 N–H and O–H groups in total. The van der Waals surface area contributed by atoms with E-state index in [1.807, 2.05) is 0 Å². The Labute approximate surface area is 152 Å². The molecule has 0 spiro atoms. The second-order valence-corrected chi connectivity index (χ2v) is 9.65. The van der Waals surface area contributed by atoms with Crippen molar-refractivity contribution < 1.29 is 36.0 Å². The molecule has 4 aliphatic carbocycles. The highest BCUT2D eigenvalue weighted by Gasteiger charge is 2.58. The largest absolute Gasteiger partial charge is 0.458 e. The van der Waals surface area contributed by atoms with E-state index in [9.17, 15) is 22.0 Å². The van der Waals surface area contributed by atoms with Crippen molar-refractivity contribution in [2.24, 2.45) is 23.7 Å². The van der Waals surface area contributed by atoms with Crippen LogP contribution in [0.1, 0.15) is 51.9 Å². The molecular weight excluding hydrogens is 370 g/mol. The molecular formula is C17H26F2O6S. The fourth-order valence-electron chi connectivity index (χ4n) is 5.27. The van der Waals surface area contributed by atoms with Gasteiger partial charge in [-0.25, -0.2) is 0 Å². The lowest BCUT2D eigenvalue weighted by atomic mass is 9.50. The standard InChI is InChI=1S/C17H26F2O6S/c1-2-3-4-25-16-7-11-5-12(8-16)14(13(6-11)9-16)15(20)24-10-17(18,19)26(21,22)23/h11-14H,2-10H2,1H3,(H,21,22,23). The molecule has 4 rings (SSSR count). The molecule has 4 bridgehead atoms. The molecule has 0 radical (unpaired) electrons. The lowest BCUT2D eigenvalue weighted by Crippen LogP contribution is -2.58. The third-order valence-electron chi connectivity index (χ3n) is 6.16. The molecule has 2 atom stereocenters. The Morgan fingerprint density at radius 1 is 1.23 bits per heavy atom. The van der Waals surface area contributed by atoms with Crippen molar-refractivity contribution in [2.75, 3.05) is 13.2 Å². The number of esters is 1. The molecule has 9 heteroatoms. The number of hydrogen-bond donors (Lipinski definition) is 1. The van der Waals surface area contributed by atoms with Crippen LogP contribution in [-0.4, -0.2) is 43.0 Å². The number of halogens is 2. The quantitative estimate of drug-likeness (QED) is 0.385. The molecule has 0 aromatic carbocycles. The molecule has 0 aliphatic heterocycles. The monoisotopic (exact) mass is 396 g/mol. The first kappa shape index (κ1) is 19.9. The van der Waals surface area contributed by atoms with Gasteiger partial charge in [-0.05, 0) is 56.3 Å². The molecule has 6 nitrogen and oxygen atoms in total. The van der Waals surface area contributed by atoms with E-state index in [1.54, 1.807) is 0 Å². The Bertz CT molecular complexity index is 634. The van der Waals surface area contributed by atoms with Gasteiger partial charge in [0.1, 0.15) is 0 Å². The Morgan fingerprint density at radius 3 is 2.38 bits per heavy atom. The Balaban J connectivity index is 1.64. The van der Waals surface area contributed by atoms with Crippen LogP contribution in [0.2, 0.25) is 0 Å². The van der Waals surface area contributed by atoms with E-state index >= 15 is 0 Å². The average molecular weight is 396 g/mol. The summed E-state index contributed by atoms with van der Waals surface area (Å²) in [5.41, 5.74) is -0.208. The molecule has 0 amide bonds. The lowest BCUT2D eigenvalue weighted by Gasteiger charge is -2.58. The smallest absolute Gasteiger partial charge is 0.402 e. The van der Waals surface area contributed by atoms with Gasteiger partial charge in [-0.15, -0.1) is 0 Å². The number of unbranched alkanes of at least 4 members (excludes halogenated alkanes) is 1. The Hall–Kier alpha value is -0.800. The van der Waals surface area contributed by atoms with Crippen LogP contribution in [0.4, 0.5) is 8.78 Å². The zero-order valence-electron chi connectivity index (χ0n) is 14.8. The van der Waals surface area contributed by atoms with Crippen molar-refractivity contribution in [3.8, 4) is 0 Å². The highest BCUT2D eigenvalue weighted by Crippen LogP contribution is 2.59.